The van der Waals surface area contributed by atoms with Crippen LogP contribution in [0.5, 0.6) is 0 Å². The van der Waals surface area contributed by atoms with Gasteiger partial charge in [-0.15, -0.1) is 10.2 Å². The van der Waals surface area contributed by atoms with Crippen LogP contribution in [-0.2, 0) is 6.54 Å². The Morgan fingerprint density at radius 2 is 2.00 bits per heavy atom. The van der Waals surface area contributed by atoms with E-state index in [1.165, 1.54) is 24.3 Å². The average Bonchev–Trinajstić information content (AvgIpc) is 2.98. The van der Waals surface area contributed by atoms with Crippen LogP contribution < -0.4 is 5.32 Å². The Hall–Kier alpha value is -1.33. The summed E-state index contributed by atoms with van der Waals surface area (Å²) in [6, 6.07) is 10.2. The van der Waals surface area contributed by atoms with Crippen molar-refractivity contribution in [2.24, 2.45) is 5.92 Å². The summed E-state index contributed by atoms with van der Waals surface area (Å²) in [5.41, 5.74) is 1.11. The van der Waals surface area contributed by atoms with Crippen LogP contribution in [-0.4, -0.2) is 32.8 Å². The van der Waals surface area contributed by atoms with Crippen LogP contribution in [0.1, 0.15) is 18.7 Å². The van der Waals surface area contributed by atoms with Crippen LogP contribution in [0.15, 0.2) is 36.7 Å². The van der Waals surface area contributed by atoms with Crippen molar-refractivity contribution in [2.45, 2.75) is 19.4 Å². The standard InChI is InChI=1S/C15H20N4S/c1-2-4-14(5-3-1)19-12-17-18-15(19)11-16-10-13-6-8-20-9-7-13/h1-5,12-13,16H,6-11H2. The number of aromatic nitrogens is 3. The van der Waals surface area contributed by atoms with Crippen molar-refractivity contribution in [2.75, 3.05) is 18.1 Å². The van der Waals surface area contributed by atoms with E-state index >= 15 is 0 Å². The Bertz CT molecular complexity index is 520. The summed E-state index contributed by atoms with van der Waals surface area (Å²) in [4.78, 5) is 0. The number of nitrogens with one attached hydrogen (secondary N) is 1. The average molecular weight is 288 g/mol. The van der Waals surface area contributed by atoms with E-state index in [0.717, 1.165) is 30.5 Å². The molecule has 0 radical (unpaired) electrons. The van der Waals surface area contributed by atoms with Crippen molar-refractivity contribution < 1.29 is 0 Å². The van der Waals surface area contributed by atoms with Crippen molar-refractivity contribution in [3.05, 3.63) is 42.5 Å². The number of benzene rings is 1. The van der Waals surface area contributed by atoms with Crippen molar-refractivity contribution in [1.29, 1.82) is 0 Å². The fraction of sp³-hybridized carbons (Fsp3) is 0.467. The molecule has 0 saturated carbocycles. The van der Waals surface area contributed by atoms with Gasteiger partial charge in [0.25, 0.3) is 0 Å². The molecule has 1 fully saturated rings. The molecule has 0 atom stereocenters. The first kappa shape index (κ1) is 13.6. The summed E-state index contributed by atoms with van der Waals surface area (Å²) in [5, 5.41) is 11.8. The van der Waals surface area contributed by atoms with Gasteiger partial charge in [-0.25, -0.2) is 0 Å². The van der Waals surface area contributed by atoms with Gasteiger partial charge in [0, 0.05) is 5.69 Å². The Labute approximate surface area is 124 Å². The highest BCUT2D eigenvalue weighted by atomic mass is 32.2. The maximum absolute atomic E-state index is 4.22. The summed E-state index contributed by atoms with van der Waals surface area (Å²) in [6.07, 6.45) is 4.45. The maximum atomic E-state index is 4.22. The third-order valence-corrected chi connectivity index (χ3v) is 4.76. The second-order valence-electron chi connectivity index (χ2n) is 5.14. The van der Waals surface area contributed by atoms with Gasteiger partial charge in [0.15, 0.2) is 5.82 Å². The van der Waals surface area contributed by atoms with Gasteiger partial charge >= 0.3 is 0 Å². The molecular weight excluding hydrogens is 268 g/mol. The van der Waals surface area contributed by atoms with Gasteiger partial charge in [0.2, 0.25) is 0 Å². The second-order valence-corrected chi connectivity index (χ2v) is 6.36. The van der Waals surface area contributed by atoms with Gasteiger partial charge in [-0.2, -0.15) is 11.8 Å². The van der Waals surface area contributed by atoms with E-state index in [1.54, 1.807) is 6.33 Å². The summed E-state index contributed by atoms with van der Waals surface area (Å²) < 4.78 is 2.05. The Balaban J connectivity index is 1.57. The van der Waals surface area contributed by atoms with Crippen molar-refractivity contribution in [3.63, 3.8) is 0 Å². The van der Waals surface area contributed by atoms with Crippen LogP contribution in [0, 0.1) is 5.92 Å². The van der Waals surface area contributed by atoms with Gasteiger partial charge < -0.3 is 5.32 Å². The highest BCUT2D eigenvalue weighted by molar-refractivity contribution is 7.99. The molecule has 0 amide bonds. The van der Waals surface area contributed by atoms with Crippen LogP contribution in [0.25, 0.3) is 5.69 Å². The van der Waals surface area contributed by atoms with E-state index in [1.807, 2.05) is 22.8 Å². The van der Waals surface area contributed by atoms with E-state index in [0.29, 0.717) is 0 Å². The summed E-state index contributed by atoms with van der Waals surface area (Å²) >= 11 is 2.08. The maximum Gasteiger partial charge on any atom is 0.151 e. The Morgan fingerprint density at radius 1 is 1.20 bits per heavy atom. The summed E-state index contributed by atoms with van der Waals surface area (Å²) in [6.45, 7) is 1.86. The van der Waals surface area contributed by atoms with Gasteiger partial charge in [-0.05, 0) is 48.9 Å². The van der Waals surface area contributed by atoms with Gasteiger partial charge in [0.1, 0.15) is 6.33 Å². The number of rotatable bonds is 5. The molecular formula is C15H20N4S. The van der Waals surface area contributed by atoms with E-state index < -0.39 is 0 Å². The lowest BCUT2D eigenvalue weighted by molar-refractivity contribution is 0.443. The largest absolute Gasteiger partial charge is 0.310 e. The predicted molar refractivity (Wildman–Crippen MR) is 83.1 cm³/mol. The molecule has 4 nitrogen and oxygen atoms in total. The third kappa shape index (κ3) is 3.41. The van der Waals surface area contributed by atoms with Gasteiger partial charge in [-0.3, -0.25) is 4.57 Å². The minimum absolute atomic E-state index is 0.776. The van der Waals surface area contributed by atoms with E-state index in [-0.39, 0.29) is 0 Å². The van der Waals surface area contributed by atoms with Crippen LogP contribution in [0.3, 0.4) is 0 Å². The lowest BCUT2D eigenvalue weighted by Crippen LogP contribution is -2.26. The monoisotopic (exact) mass is 288 g/mol. The molecule has 1 saturated heterocycles. The topological polar surface area (TPSA) is 42.7 Å². The fourth-order valence-electron chi connectivity index (χ4n) is 2.52. The van der Waals surface area contributed by atoms with Crippen LogP contribution in [0.4, 0.5) is 0 Å². The number of thioether (sulfide) groups is 1. The lowest BCUT2D eigenvalue weighted by Gasteiger charge is -2.21. The molecule has 0 unspecified atom stereocenters. The summed E-state index contributed by atoms with van der Waals surface area (Å²) in [7, 11) is 0. The zero-order valence-corrected chi connectivity index (χ0v) is 12.4. The quantitative estimate of drug-likeness (QED) is 0.918. The van der Waals surface area contributed by atoms with Crippen molar-refractivity contribution >= 4 is 11.8 Å². The summed E-state index contributed by atoms with van der Waals surface area (Å²) in [5.74, 6) is 4.42. The third-order valence-electron chi connectivity index (χ3n) is 3.71. The molecule has 106 valence electrons. The number of hydrogen-bond donors (Lipinski definition) is 1. The Morgan fingerprint density at radius 3 is 2.80 bits per heavy atom. The molecule has 0 aliphatic carbocycles. The predicted octanol–water partition coefficient (Wildman–Crippen LogP) is 2.50. The minimum Gasteiger partial charge on any atom is -0.310 e. The zero-order chi connectivity index (χ0) is 13.6. The lowest BCUT2D eigenvalue weighted by atomic mass is 10.0. The molecule has 0 bridgehead atoms. The number of nitrogens with zero attached hydrogens (tertiary/aromatic N) is 3. The molecule has 2 aromatic rings. The highest BCUT2D eigenvalue weighted by Gasteiger charge is 2.13. The van der Waals surface area contributed by atoms with Crippen molar-refractivity contribution in [3.8, 4) is 5.69 Å². The molecule has 5 heteroatoms. The SMILES string of the molecule is c1ccc(-n2cnnc2CNCC2CCSCC2)cc1. The molecule has 1 aliphatic rings. The Kier molecular flexibility index (Phi) is 4.71. The second kappa shape index (κ2) is 6.90. The molecule has 0 spiro atoms. The first-order valence-electron chi connectivity index (χ1n) is 7.16. The first-order chi connectivity index (χ1) is 9.93. The van der Waals surface area contributed by atoms with Crippen LogP contribution >= 0.6 is 11.8 Å². The molecule has 3 rings (SSSR count). The first-order valence-corrected chi connectivity index (χ1v) is 8.32. The molecule has 1 N–H and O–H groups in total. The molecule has 20 heavy (non-hydrogen) atoms. The molecule has 1 aromatic heterocycles. The fourth-order valence-corrected chi connectivity index (χ4v) is 3.73. The smallest absolute Gasteiger partial charge is 0.151 e. The van der Waals surface area contributed by atoms with E-state index in [9.17, 15) is 0 Å². The van der Waals surface area contributed by atoms with Gasteiger partial charge in [-0.1, -0.05) is 18.2 Å². The molecule has 2 heterocycles. The molecule has 1 aliphatic heterocycles. The minimum atomic E-state index is 0.776. The number of hydrogen-bond acceptors (Lipinski definition) is 4. The normalized spacial score (nSPS) is 16.4. The molecule has 1 aromatic carbocycles. The highest BCUT2D eigenvalue weighted by Crippen LogP contribution is 2.21. The van der Waals surface area contributed by atoms with E-state index in [4.69, 9.17) is 0 Å². The zero-order valence-electron chi connectivity index (χ0n) is 11.5. The van der Waals surface area contributed by atoms with E-state index in [2.05, 4.69) is 39.4 Å². The number of para-hydroxylation sites is 1. The van der Waals surface area contributed by atoms with Crippen LogP contribution in [0.2, 0.25) is 0 Å². The van der Waals surface area contributed by atoms with Crippen molar-refractivity contribution in [1.82, 2.24) is 20.1 Å². The van der Waals surface area contributed by atoms with Gasteiger partial charge in [0.05, 0.1) is 6.54 Å².